The molecule has 0 saturated carbocycles. The van der Waals surface area contributed by atoms with Gasteiger partial charge >= 0.3 is 0 Å². The van der Waals surface area contributed by atoms with Gasteiger partial charge in [0, 0.05) is 6.16 Å². The maximum atomic E-state index is 5.44. The predicted molar refractivity (Wildman–Crippen MR) is 134 cm³/mol. The smallest absolute Gasteiger partial charge is 0.0763 e. The molecule has 1 rings (SSSR count). The fourth-order valence-corrected chi connectivity index (χ4v) is 5.18. The van der Waals surface area contributed by atoms with Crippen LogP contribution in [0.15, 0.2) is 21.6 Å². The van der Waals surface area contributed by atoms with Gasteiger partial charge in [0.2, 0.25) is 0 Å². The van der Waals surface area contributed by atoms with Crippen molar-refractivity contribution in [1.82, 2.24) is 0 Å². The van der Waals surface area contributed by atoms with Crippen molar-refractivity contribution >= 4 is 13.2 Å². The van der Waals surface area contributed by atoms with E-state index in [1.165, 1.54) is 35.2 Å². The third-order valence-corrected chi connectivity index (χ3v) is 6.91. The summed E-state index contributed by atoms with van der Waals surface area (Å²) in [7, 11) is -0.745. The highest BCUT2D eigenvalue weighted by atomic mass is 31.1. The molecule has 0 fully saturated rings. The molecule has 1 unspecified atom stereocenters. The van der Waals surface area contributed by atoms with Crippen molar-refractivity contribution in [1.29, 1.82) is 0 Å². The van der Waals surface area contributed by atoms with Crippen LogP contribution in [0.3, 0.4) is 0 Å². The number of hydrogen-bond acceptors (Lipinski definition) is 2. The van der Waals surface area contributed by atoms with Crippen molar-refractivity contribution < 1.29 is 0 Å². The average Bonchev–Trinajstić information content (AvgIpc) is 2.47. The minimum Gasteiger partial charge on any atom is -0.250 e. The normalized spacial score (nSPS) is 14.6. The Labute approximate surface area is 182 Å². The molecule has 0 aromatic heterocycles. The van der Waals surface area contributed by atoms with E-state index in [1.54, 1.807) is 0 Å². The van der Waals surface area contributed by atoms with Crippen molar-refractivity contribution in [3.05, 3.63) is 28.8 Å². The van der Waals surface area contributed by atoms with Gasteiger partial charge in [-0.3, -0.25) is 0 Å². The SMILES string of the molecule is CCCCP(=Nc1c(C(C)(C)C)cc(C(C)(C)C)cc1C(C)(C)C)=NC(C)(C)C. The average molecular weight is 419 g/mol. The lowest BCUT2D eigenvalue weighted by molar-refractivity contribution is 0.550. The van der Waals surface area contributed by atoms with E-state index in [1.807, 2.05) is 0 Å². The van der Waals surface area contributed by atoms with Crippen molar-refractivity contribution in [2.45, 2.75) is 125 Å². The fraction of sp³-hybridized carbons (Fsp3) is 0.769. The Bertz CT molecular complexity index is 747. The molecule has 0 saturated heterocycles. The van der Waals surface area contributed by atoms with Crippen LogP contribution in [-0.2, 0) is 16.2 Å². The van der Waals surface area contributed by atoms with Gasteiger partial charge in [0.15, 0.2) is 0 Å². The summed E-state index contributed by atoms with van der Waals surface area (Å²) >= 11 is 0. The van der Waals surface area contributed by atoms with E-state index < -0.39 is 7.51 Å². The van der Waals surface area contributed by atoms with Crippen LogP contribution in [0, 0.1) is 0 Å². The molecule has 166 valence electrons. The molecule has 0 radical (unpaired) electrons. The van der Waals surface area contributed by atoms with E-state index in [2.05, 4.69) is 102 Å². The standard InChI is InChI=1S/C26H47N2P/c1-14-15-16-29(28-26(11,12)13)27-22-20(24(5,6)7)17-19(23(2,3)4)18-21(22)25(8,9)10/h17-18H,14-16H2,1-13H3. The Morgan fingerprint density at radius 1 is 0.724 bits per heavy atom. The van der Waals surface area contributed by atoms with Gasteiger partial charge < -0.3 is 0 Å². The zero-order chi connectivity index (χ0) is 22.8. The Balaban J connectivity index is 4.02. The quantitative estimate of drug-likeness (QED) is 0.435. The van der Waals surface area contributed by atoms with E-state index in [0.717, 1.165) is 6.16 Å². The van der Waals surface area contributed by atoms with Crippen LogP contribution in [0.5, 0.6) is 0 Å². The molecule has 3 heteroatoms. The molecular formula is C26H47N2P. The van der Waals surface area contributed by atoms with Crippen molar-refractivity contribution in [2.24, 2.45) is 9.49 Å². The summed E-state index contributed by atoms with van der Waals surface area (Å²) in [6, 6.07) is 4.83. The molecule has 0 aliphatic heterocycles. The second-order valence-electron chi connectivity index (χ2n) is 12.5. The highest BCUT2D eigenvalue weighted by Crippen LogP contribution is 2.45. The van der Waals surface area contributed by atoms with Crippen LogP contribution in [0.2, 0.25) is 0 Å². The molecule has 0 amide bonds. The van der Waals surface area contributed by atoms with Gasteiger partial charge in [-0.2, -0.15) is 0 Å². The Hall–Kier alpha value is -0.880. The van der Waals surface area contributed by atoms with Gasteiger partial charge in [-0.1, -0.05) is 87.8 Å². The number of benzene rings is 1. The van der Waals surface area contributed by atoms with Gasteiger partial charge in [0.25, 0.3) is 0 Å². The third kappa shape index (κ3) is 8.05. The van der Waals surface area contributed by atoms with Gasteiger partial charge in [0.1, 0.15) is 0 Å². The summed E-state index contributed by atoms with van der Waals surface area (Å²) < 4.78 is 10.6. The summed E-state index contributed by atoms with van der Waals surface area (Å²) in [5, 5.41) is 0. The fourth-order valence-electron chi connectivity index (χ4n) is 3.20. The Morgan fingerprint density at radius 3 is 1.48 bits per heavy atom. The molecule has 2 nitrogen and oxygen atoms in total. The highest BCUT2D eigenvalue weighted by Gasteiger charge is 2.29. The topological polar surface area (TPSA) is 24.7 Å². The van der Waals surface area contributed by atoms with Crippen LogP contribution in [0.25, 0.3) is 0 Å². The molecule has 0 N–H and O–H groups in total. The van der Waals surface area contributed by atoms with Gasteiger partial charge in [0.05, 0.1) is 18.7 Å². The zero-order valence-electron chi connectivity index (χ0n) is 21.6. The zero-order valence-corrected chi connectivity index (χ0v) is 22.5. The second-order valence-corrected chi connectivity index (χ2v) is 14.1. The van der Waals surface area contributed by atoms with E-state index in [-0.39, 0.29) is 21.8 Å². The first-order valence-corrected chi connectivity index (χ1v) is 12.7. The first-order chi connectivity index (χ1) is 12.9. The molecule has 1 aromatic carbocycles. The molecule has 1 aromatic rings. The van der Waals surface area contributed by atoms with E-state index >= 15 is 0 Å². The summed E-state index contributed by atoms with van der Waals surface area (Å²) in [4.78, 5) is 0. The maximum Gasteiger partial charge on any atom is 0.0763 e. The first kappa shape index (κ1) is 26.2. The van der Waals surface area contributed by atoms with Crippen molar-refractivity contribution in [3.8, 4) is 0 Å². The summed E-state index contributed by atoms with van der Waals surface area (Å²) in [5.41, 5.74) is 5.46. The number of rotatable bonds is 4. The molecular weight excluding hydrogens is 371 g/mol. The monoisotopic (exact) mass is 418 g/mol. The van der Waals surface area contributed by atoms with Gasteiger partial charge in [-0.25, -0.2) is 9.49 Å². The Morgan fingerprint density at radius 2 is 1.17 bits per heavy atom. The van der Waals surface area contributed by atoms with E-state index in [4.69, 9.17) is 9.49 Å². The predicted octanol–water partition coefficient (Wildman–Crippen LogP) is 9.66. The minimum atomic E-state index is -0.745. The molecule has 0 heterocycles. The maximum absolute atomic E-state index is 5.44. The molecule has 0 bridgehead atoms. The van der Waals surface area contributed by atoms with Crippen LogP contribution in [0.4, 0.5) is 5.69 Å². The first-order valence-electron chi connectivity index (χ1n) is 11.3. The minimum absolute atomic E-state index is 0.0353. The van der Waals surface area contributed by atoms with Crippen molar-refractivity contribution in [3.63, 3.8) is 0 Å². The van der Waals surface area contributed by atoms with Crippen LogP contribution >= 0.6 is 7.51 Å². The van der Waals surface area contributed by atoms with Gasteiger partial charge in [-0.05, 0) is 60.1 Å². The number of nitrogens with zero attached hydrogens (tertiary/aromatic N) is 2. The van der Waals surface area contributed by atoms with Crippen molar-refractivity contribution in [2.75, 3.05) is 6.16 Å². The number of unbranched alkanes of at least 4 members (excludes halogenated alkanes) is 1. The summed E-state index contributed by atoms with van der Waals surface area (Å²) in [5.74, 6) is 0. The highest BCUT2D eigenvalue weighted by molar-refractivity contribution is 7.36. The van der Waals surface area contributed by atoms with E-state index in [0.29, 0.717) is 0 Å². The summed E-state index contributed by atoms with van der Waals surface area (Å²) in [6.45, 7) is 29.7. The summed E-state index contributed by atoms with van der Waals surface area (Å²) in [6.07, 6.45) is 3.46. The lowest BCUT2D eigenvalue weighted by Gasteiger charge is -2.32. The Kier molecular flexibility index (Phi) is 8.20. The van der Waals surface area contributed by atoms with Crippen LogP contribution < -0.4 is 0 Å². The lowest BCUT2D eigenvalue weighted by Crippen LogP contribution is -2.21. The second kappa shape index (κ2) is 9.09. The molecule has 0 spiro atoms. The largest absolute Gasteiger partial charge is 0.250 e. The van der Waals surface area contributed by atoms with Crippen LogP contribution in [0.1, 0.15) is 120 Å². The molecule has 1 atom stereocenters. The van der Waals surface area contributed by atoms with Gasteiger partial charge in [-0.15, -0.1) is 0 Å². The van der Waals surface area contributed by atoms with E-state index in [9.17, 15) is 0 Å². The molecule has 29 heavy (non-hydrogen) atoms. The number of hydrogen-bond donors (Lipinski definition) is 0. The van der Waals surface area contributed by atoms with Crippen LogP contribution in [-0.4, -0.2) is 11.7 Å². The molecule has 0 aliphatic rings. The molecule has 0 aliphatic carbocycles. The third-order valence-electron chi connectivity index (χ3n) is 4.93. The lowest BCUT2D eigenvalue weighted by atomic mass is 9.74.